The van der Waals surface area contributed by atoms with E-state index in [-0.39, 0.29) is 11.9 Å². The molecule has 2 aliphatic carbocycles. The fourth-order valence-corrected chi connectivity index (χ4v) is 3.88. The summed E-state index contributed by atoms with van der Waals surface area (Å²) in [6, 6.07) is 0.793. The molecule has 6 heteroatoms. The van der Waals surface area contributed by atoms with E-state index in [0.717, 1.165) is 42.8 Å². The van der Waals surface area contributed by atoms with Gasteiger partial charge in [0.05, 0.1) is 12.3 Å². The number of carbonyl (C=O) groups is 1. The van der Waals surface area contributed by atoms with Gasteiger partial charge in [-0.1, -0.05) is 0 Å². The summed E-state index contributed by atoms with van der Waals surface area (Å²) < 4.78 is 5.14. The molecule has 1 fully saturated rings. The Labute approximate surface area is 129 Å². The van der Waals surface area contributed by atoms with E-state index in [4.69, 9.17) is 4.74 Å². The summed E-state index contributed by atoms with van der Waals surface area (Å²) in [5.41, 5.74) is 0.941. The number of carbonyl (C=O) groups excluding carboxylic acids is 1. The van der Waals surface area contributed by atoms with Crippen LogP contribution in [0.5, 0.6) is 0 Å². The maximum absolute atomic E-state index is 11.9. The number of esters is 1. The highest BCUT2D eigenvalue weighted by Crippen LogP contribution is 2.38. The molecule has 2 aliphatic rings. The monoisotopic (exact) mass is 309 g/mol. The van der Waals surface area contributed by atoms with E-state index in [9.17, 15) is 4.79 Å². The lowest BCUT2D eigenvalue weighted by molar-refractivity contribution is -0.145. The van der Waals surface area contributed by atoms with Gasteiger partial charge in [0.15, 0.2) is 5.13 Å². The number of nitrogens with one attached hydrogen (secondary N) is 1. The minimum Gasteiger partial charge on any atom is -0.465 e. The van der Waals surface area contributed by atoms with E-state index < -0.39 is 0 Å². The summed E-state index contributed by atoms with van der Waals surface area (Å²) in [4.78, 5) is 20.2. The number of anilines is 1. The van der Waals surface area contributed by atoms with Crippen molar-refractivity contribution < 1.29 is 9.53 Å². The fourth-order valence-electron chi connectivity index (χ4n) is 2.81. The number of ether oxygens (including phenoxy) is 1. The van der Waals surface area contributed by atoms with Crippen molar-refractivity contribution in [2.24, 2.45) is 0 Å². The first-order valence-corrected chi connectivity index (χ1v) is 8.61. The average molecular weight is 309 g/mol. The first kappa shape index (κ1) is 14.8. The van der Waals surface area contributed by atoms with Crippen LogP contribution in [0.15, 0.2) is 0 Å². The highest BCUT2D eigenvalue weighted by atomic mass is 32.1. The van der Waals surface area contributed by atoms with Crippen LogP contribution in [-0.4, -0.2) is 48.6 Å². The second-order valence-corrected chi connectivity index (χ2v) is 6.89. The molecule has 1 atom stereocenters. The smallest absolute Gasteiger partial charge is 0.315 e. The maximum atomic E-state index is 11.9. The number of nitrogens with zero attached hydrogens (tertiary/aromatic N) is 2. The summed E-state index contributed by atoms with van der Waals surface area (Å²) >= 11 is 1.69. The van der Waals surface area contributed by atoms with Crippen LogP contribution in [0.25, 0.3) is 0 Å². The quantitative estimate of drug-likeness (QED) is 0.783. The number of aryl methyl sites for hydroxylation is 1. The standard InChI is InChI=1S/C15H23N3O2S/c1-3-20-14(19)11-6-7-12-13(11)17-15(21-12)16-8-9-18(2)10-4-5-10/h10-11H,3-9H2,1-2H3,(H,16,17). The van der Waals surface area contributed by atoms with Crippen LogP contribution in [0.1, 0.15) is 42.7 Å². The Kier molecular flexibility index (Phi) is 4.45. The predicted octanol–water partition coefficient (Wildman–Crippen LogP) is 2.24. The Morgan fingerprint density at radius 3 is 3.00 bits per heavy atom. The maximum Gasteiger partial charge on any atom is 0.315 e. The normalized spacial score (nSPS) is 20.6. The Morgan fingerprint density at radius 2 is 2.29 bits per heavy atom. The third-order valence-electron chi connectivity index (χ3n) is 4.20. The number of rotatable bonds is 7. The zero-order valence-electron chi connectivity index (χ0n) is 12.7. The molecule has 0 bridgehead atoms. The zero-order valence-corrected chi connectivity index (χ0v) is 13.5. The van der Waals surface area contributed by atoms with Gasteiger partial charge in [-0.25, -0.2) is 4.98 Å². The van der Waals surface area contributed by atoms with Crippen molar-refractivity contribution in [3.63, 3.8) is 0 Å². The first-order valence-electron chi connectivity index (χ1n) is 7.79. The van der Waals surface area contributed by atoms with Gasteiger partial charge in [-0.15, -0.1) is 11.3 Å². The molecular weight excluding hydrogens is 286 g/mol. The van der Waals surface area contributed by atoms with Crippen molar-refractivity contribution in [1.82, 2.24) is 9.88 Å². The molecule has 1 unspecified atom stereocenters. The van der Waals surface area contributed by atoms with E-state index in [2.05, 4.69) is 22.2 Å². The molecule has 1 heterocycles. The van der Waals surface area contributed by atoms with Gasteiger partial charge in [-0.3, -0.25) is 4.79 Å². The summed E-state index contributed by atoms with van der Waals surface area (Å²) in [6.07, 6.45) is 4.46. The summed E-state index contributed by atoms with van der Waals surface area (Å²) in [6.45, 7) is 4.23. The molecule has 0 aromatic carbocycles. The van der Waals surface area contributed by atoms with Gasteiger partial charge >= 0.3 is 5.97 Å². The summed E-state index contributed by atoms with van der Waals surface area (Å²) in [5.74, 6) is -0.276. The van der Waals surface area contributed by atoms with E-state index in [1.165, 1.54) is 17.7 Å². The van der Waals surface area contributed by atoms with Crippen molar-refractivity contribution in [2.45, 2.75) is 44.6 Å². The number of likely N-dealkylation sites (N-methyl/N-ethyl adjacent to an activating group) is 1. The largest absolute Gasteiger partial charge is 0.465 e. The van der Waals surface area contributed by atoms with Gasteiger partial charge < -0.3 is 15.0 Å². The summed E-state index contributed by atoms with van der Waals surface area (Å²) in [7, 11) is 2.18. The molecule has 116 valence electrons. The van der Waals surface area contributed by atoms with E-state index >= 15 is 0 Å². The average Bonchev–Trinajstić information content (AvgIpc) is 3.12. The van der Waals surface area contributed by atoms with Crippen molar-refractivity contribution in [3.8, 4) is 0 Å². The Balaban J connectivity index is 1.54. The van der Waals surface area contributed by atoms with Crippen molar-refractivity contribution in [1.29, 1.82) is 0 Å². The molecule has 21 heavy (non-hydrogen) atoms. The number of thiazole rings is 1. The first-order chi connectivity index (χ1) is 10.2. The zero-order chi connectivity index (χ0) is 14.8. The molecule has 0 spiro atoms. The molecular formula is C15H23N3O2S. The molecule has 1 N–H and O–H groups in total. The van der Waals surface area contributed by atoms with Crippen LogP contribution < -0.4 is 5.32 Å². The lowest BCUT2D eigenvalue weighted by Crippen LogP contribution is -2.27. The van der Waals surface area contributed by atoms with Crippen molar-refractivity contribution in [2.75, 3.05) is 32.1 Å². The Morgan fingerprint density at radius 1 is 1.48 bits per heavy atom. The number of fused-ring (bicyclic) bond motifs is 1. The van der Waals surface area contributed by atoms with Gasteiger partial charge in [0.25, 0.3) is 0 Å². The Hall–Kier alpha value is -1.14. The van der Waals surface area contributed by atoms with Gasteiger partial charge in [0, 0.05) is 24.0 Å². The molecule has 0 amide bonds. The summed E-state index contributed by atoms with van der Waals surface area (Å²) in [5, 5.41) is 4.34. The van der Waals surface area contributed by atoms with Crippen LogP contribution in [-0.2, 0) is 16.0 Å². The van der Waals surface area contributed by atoms with Gasteiger partial charge in [-0.2, -0.15) is 0 Å². The van der Waals surface area contributed by atoms with Crippen LogP contribution in [0.4, 0.5) is 5.13 Å². The lowest BCUT2D eigenvalue weighted by Gasteiger charge is -2.15. The number of aromatic nitrogens is 1. The second kappa shape index (κ2) is 6.32. The van der Waals surface area contributed by atoms with Gasteiger partial charge in [0.1, 0.15) is 5.92 Å². The second-order valence-electron chi connectivity index (χ2n) is 5.81. The van der Waals surface area contributed by atoms with E-state index in [0.29, 0.717) is 6.61 Å². The van der Waals surface area contributed by atoms with Crippen LogP contribution in [0.3, 0.4) is 0 Å². The van der Waals surface area contributed by atoms with E-state index in [1.807, 2.05) is 6.92 Å². The fraction of sp³-hybridized carbons (Fsp3) is 0.733. The number of hydrogen-bond donors (Lipinski definition) is 1. The van der Waals surface area contributed by atoms with Crippen molar-refractivity contribution >= 4 is 22.4 Å². The highest BCUT2D eigenvalue weighted by molar-refractivity contribution is 7.15. The molecule has 1 aromatic rings. The van der Waals surface area contributed by atoms with Crippen molar-refractivity contribution in [3.05, 3.63) is 10.6 Å². The highest BCUT2D eigenvalue weighted by Gasteiger charge is 2.33. The molecule has 1 aromatic heterocycles. The van der Waals surface area contributed by atoms with Crippen LogP contribution in [0, 0.1) is 0 Å². The molecule has 0 radical (unpaired) electrons. The van der Waals surface area contributed by atoms with Crippen LogP contribution in [0.2, 0.25) is 0 Å². The molecule has 5 nitrogen and oxygen atoms in total. The van der Waals surface area contributed by atoms with Gasteiger partial charge in [-0.05, 0) is 39.7 Å². The lowest BCUT2D eigenvalue weighted by atomic mass is 10.1. The minimum atomic E-state index is -0.152. The molecule has 1 saturated carbocycles. The third-order valence-corrected chi connectivity index (χ3v) is 5.29. The van der Waals surface area contributed by atoms with Gasteiger partial charge in [0.2, 0.25) is 0 Å². The molecule has 3 rings (SSSR count). The van der Waals surface area contributed by atoms with E-state index in [1.54, 1.807) is 11.3 Å². The number of hydrogen-bond acceptors (Lipinski definition) is 6. The van der Waals surface area contributed by atoms with Crippen LogP contribution >= 0.6 is 11.3 Å². The topological polar surface area (TPSA) is 54.5 Å². The molecule has 0 aliphatic heterocycles. The predicted molar refractivity (Wildman–Crippen MR) is 84.0 cm³/mol. The SMILES string of the molecule is CCOC(=O)C1CCc2sc(NCCN(C)C3CC3)nc21. The third kappa shape index (κ3) is 3.37. The minimum absolute atomic E-state index is 0.124. The molecule has 0 saturated heterocycles. The Bertz CT molecular complexity index is 513.